The van der Waals surface area contributed by atoms with Gasteiger partial charge in [0.05, 0.1) is 18.7 Å². The Bertz CT molecular complexity index is 875. The second-order valence-corrected chi connectivity index (χ2v) is 6.82. The molecule has 0 saturated carbocycles. The highest BCUT2D eigenvalue weighted by molar-refractivity contribution is 7.99. The van der Waals surface area contributed by atoms with Crippen molar-refractivity contribution in [1.82, 2.24) is 20.2 Å². The largest absolute Gasteiger partial charge is 0.466 e. The maximum Gasteiger partial charge on any atom is 0.338 e. The summed E-state index contributed by atoms with van der Waals surface area (Å²) in [7, 11) is 3.23. The first-order valence-corrected chi connectivity index (χ1v) is 9.04. The molecule has 2 aromatic rings. The lowest BCUT2D eigenvalue weighted by Crippen LogP contribution is -2.46. The molecule has 2 N–H and O–H groups in total. The highest BCUT2D eigenvalue weighted by atomic mass is 32.2. The van der Waals surface area contributed by atoms with Crippen LogP contribution >= 0.6 is 11.8 Å². The van der Waals surface area contributed by atoms with Gasteiger partial charge in [0.1, 0.15) is 0 Å². The van der Waals surface area contributed by atoms with Crippen LogP contribution in [0, 0.1) is 6.92 Å². The number of aryl methyl sites for hydroxylation is 2. The van der Waals surface area contributed by atoms with E-state index in [0.717, 1.165) is 16.3 Å². The standard InChI is InChI=1S/C18H20N4O3S/c1-11-6-4-5-7-12(11)15-14(16(23)25-3)13(20-17(24)21-15)10-26-18-19-8-9-22(18)2/h4-9,15H,10H2,1-3H3,(H2,20,21,24)/t15-/m0/s1. The third-order valence-electron chi connectivity index (χ3n) is 4.18. The predicted octanol–water partition coefficient (Wildman–Crippen LogP) is 2.30. The van der Waals surface area contributed by atoms with Crippen LogP contribution in [-0.2, 0) is 16.6 Å². The highest BCUT2D eigenvalue weighted by Crippen LogP contribution is 2.31. The van der Waals surface area contributed by atoms with Crippen molar-refractivity contribution in [3.05, 3.63) is 59.1 Å². The first-order valence-electron chi connectivity index (χ1n) is 8.05. The second kappa shape index (κ2) is 7.65. The van der Waals surface area contributed by atoms with Crippen molar-refractivity contribution in [3.63, 3.8) is 0 Å². The number of hydrogen-bond donors (Lipinski definition) is 2. The molecule has 136 valence electrons. The molecule has 0 aliphatic carbocycles. The third kappa shape index (κ3) is 3.60. The Labute approximate surface area is 155 Å². The molecule has 0 fully saturated rings. The monoisotopic (exact) mass is 372 g/mol. The molecule has 1 atom stereocenters. The van der Waals surface area contributed by atoms with Gasteiger partial charge in [-0.2, -0.15) is 0 Å². The zero-order chi connectivity index (χ0) is 18.7. The van der Waals surface area contributed by atoms with Gasteiger partial charge in [0, 0.05) is 30.9 Å². The van der Waals surface area contributed by atoms with Gasteiger partial charge in [0.2, 0.25) is 0 Å². The van der Waals surface area contributed by atoms with Crippen molar-refractivity contribution in [2.75, 3.05) is 12.9 Å². The number of nitrogens with one attached hydrogen (secondary N) is 2. The summed E-state index contributed by atoms with van der Waals surface area (Å²) in [4.78, 5) is 29.0. The molecule has 0 saturated heterocycles. The van der Waals surface area contributed by atoms with E-state index < -0.39 is 12.0 Å². The second-order valence-electron chi connectivity index (χ2n) is 5.88. The van der Waals surface area contributed by atoms with E-state index in [1.165, 1.54) is 18.9 Å². The smallest absolute Gasteiger partial charge is 0.338 e. The van der Waals surface area contributed by atoms with E-state index in [1.54, 1.807) is 6.20 Å². The predicted molar refractivity (Wildman–Crippen MR) is 98.6 cm³/mol. The van der Waals surface area contributed by atoms with E-state index in [0.29, 0.717) is 17.0 Å². The van der Waals surface area contributed by atoms with Gasteiger partial charge in [0.25, 0.3) is 0 Å². The van der Waals surface area contributed by atoms with Crippen molar-refractivity contribution < 1.29 is 14.3 Å². The summed E-state index contributed by atoms with van der Waals surface area (Å²) in [5.74, 6) is -0.0772. The summed E-state index contributed by atoms with van der Waals surface area (Å²) < 4.78 is 6.87. The maximum atomic E-state index is 12.5. The Kier molecular flexibility index (Phi) is 5.32. The number of benzene rings is 1. The van der Waals surface area contributed by atoms with Crippen LogP contribution in [0.5, 0.6) is 0 Å². The number of nitrogens with zero attached hydrogens (tertiary/aromatic N) is 2. The molecule has 0 unspecified atom stereocenters. The van der Waals surface area contributed by atoms with Gasteiger partial charge in [-0.05, 0) is 18.1 Å². The van der Waals surface area contributed by atoms with Crippen molar-refractivity contribution >= 4 is 23.8 Å². The van der Waals surface area contributed by atoms with E-state index in [9.17, 15) is 9.59 Å². The molecule has 1 aromatic carbocycles. The average Bonchev–Trinajstić information content (AvgIpc) is 3.04. The number of carbonyl (C=O) groups is 2. The van der Waals surface area contributed by atoms with Gasteiger partial charge < -0.3 is 19.9 Å². The van der Waals surface area contributed by atoms with E-state index in [2.05, 4.69) is 15.6 Å². The van der Waals surface area contributed by atoms with Gasteiger partial charge in [-0.1, -0.05) is 36.0 Å². The Morgan fingerprint density at radius 1 is 1.38 bits per heavy atom. The Hall–Kier alpha value is -2.74. The van der Waals surface area contributed by atoms with Crippen molar-refractivity contribution in [2.24, 2.45) is 7.05 Å². The van der Waals surface area contributed by atoms with E-state index in [-0.39, 0.29) is 6.03 Å². The number of methoxy groups -OCH3 is 1. The minimum atomic E-state index is -0.561. The normalized spacial score (nSPS) is 16.9. The van der Waals surface area contributed by atoms with Crippen LogP contribution in [0.3, 0.4) is 0 Å². The molecule has 7 nitrogen and oxygen atoms in total. The number of hydrogen-bond acceptors (Lipinski definition) is 5. The minimum absolute atomic E-state index is 0.346. The summed E-state index contributed by atoms with van der Waals surface area (Å²) >= 11 is 1.44. The van der Waals surface area contributed by atoms with Crippen LogP contribution in [0.1, 0.15) is 17.2 Å². The van der Waals surface area contributed by atoms with Gasteiger partial charge in [-0.25, -0.2) is 14.6 Å². The zero-order valence-electron chi connectivity index (χ0n) is 14.8. The van der Waals surface area contributed by atoms with Gasteiger partial charge in [0.15, 0.2) is 5.16 Å². The molecular weight excluding hydrogens is 352 g/mol. The number of rotatable bonds is 5. The van der Waals surface area contributed by atoms with Gasteiger partial charge in [-0.15, -0.1) is 0 Å². The quantitative estimate of drug-likeness (QED) is 0.621. The molecule has 3 rings (SSSR count). The minimum Gasteiger partial charge on any atom is -0.466 e. The van der Waals surface area contributed by atoms with E-state index >= 15 is 0 Å². The Morgan fingerprint density at radius 2 is 2.15 bits per heavy atom. The number of esters is 1. The Balaban J connectivity index is 2.00. The molecule has 2 amide bonds. The molecule has 0 radical (unpaired) electrons. The number of thioether (sulfide) groups is 1. The van der Waals surface area contributed by atoms with E-state index in [1.807, 2.05) is 49.0 Å². The first kappa shape index (κ1) is 18.1. The number of imidazole rings is 1. The Morgan fingerprint density at radius 3 is 2.81 bits per heavy atom. The fraction of sp³-hybridized carbons (Fsp3) is 0.278. The van der Waals surface area contributed by atoms with Crippen molar-refractivity contribution in [3.8, 4) is 0 Å². The fourth-order valence-electron chi connectivity index (χ4n) is 2.85. The summed E-state index contributed by atoms with van der Waals surface area (Å²) in [6, 6.07) is 6.74. The molecule has 1 aromatic heterocycles. The fourth-order valence-corrected chi connectivity index (χ4v) is 3.76. The van der Waals surface area contributed by atoms with Crippen LogP contribution in [0.4, 0.5) is 4.79 Å². The molecule has 26 heavy (non-hydrogen) atoms. The lowest BCUT2D eigenvalue weighted by molar-refractivity contribution is -0.136. The SMILES string of the molecule is COC(=O)C1=C(CSc2nccn2C)NC(=O)N[C@H]1c1ccccc1C. The summed E-state index contributed by atoms with van der Waals surface area (Å²) in [5.41, 5.74) is 2.78. The van der Waals surface area contributed by atoms with Crippen LogP contribution in [0.2, 0.25) is 0 Å². The van der Waals surface area contributed by atoms with Gasteiger partial charge >= 0.3 is 12.0 Å². The van der Waals surface area contributed by atoms with Crippen LogP contribution in [-0.4, -0.2) is 34.4 Å². The summed E-state index contributed by atoms with van der Waals surface area (Å²) in [5, 5.41) is 6.38. The summed E-state index contributed by atoms with van der Waals surface area (Å²) in [6.45, 7) is 1.95. The first-order chi connectivity index (χ1) is 12.5. The maximum absolute atomic E-state index is 12.5. The third-order valence-corrected chi connectivity index (χ3v) is 5.27. The number of ether oxygens (including phenoxy) is 1. The lowest BCUT2D eigenvalue weighted by Gasteiger charge is -2.29. The van der Waals surface area contributed by atoms with Gasteiger partial charge in [-0.3, -0.25) is 0 Å². The molecule has 2 heterocycles. The number of carbonyl (C=O) groups excluding carboxylic acids is 2. The van der Waals surface area contributed by atoms with E-state index in [4.69, 9.17) is 4.74 Å². The molecule has 1 aliphatic rings. The van der Waals surface area contributed by atoms with Crippen LogP contribution < -0.4 is 10.6 Å². The average molecular weight is 372 g/mol. The molecular formula is C18H20N4O3S. The van der Waals surface area contributed by atoms with Crippen molar-refractivity contribution in [2.45, 2.75) is 18.1 Å². The molecule has 0 spiro atoms. The zero-order valence-corrected chi connectivity index (χ0v) is 15.6. The van der Waals surface area contributed by atoms with Crippen molar-refractivity contribution in [1.29, 1.82) is 0 Å². The topological polar surface area (TPSA) is 85.2 Å². The van der Waals surface area contributed by atoms with Crippen LogP contribution in [0.25, 0.3) is 0 Å². The molecule has 1 aliphatic heterocycles. The number of urea groups is 1. The number of amides is 2. The molecule has 0 bridgehead atoms. The number of aromatic nitrogens is 2. The lowest BCUT2D eigenvalue weighted by atomic mass is 9.92. The van der Waals surface area contributed by atoms with Crippen LogP contribution in [0.15, 0.2) is 53.1 Å². The summed E-state index contributed by atoms with van der Waals surface area (Å²) in [6.07, 6.45) is 3.55. The highest BCUT2D eigenvalue weighted by Gasteiger charge is 2.34. The molecule has 8 heteroatoms.